The summed E-state index contributed by atoms with van der Waals surface area (Å²) in [5.74, 6) is 0.868. The summed E-state index contributed by atoms with van der Waals surface area (Å²) in [6.45, 7) is 6.23. The number of methoxy groups -OCH3 is 1. The Labute approximate surface area is 140 Å². The fourth-order valence-electron chi connectivity index (χ4n) is 2.36. The van der Waals surface area contributed by atoms with Crippen LogP contribution < -0.4 is 10.6 Å². The van der Waals surface area contributed by atoms with Crippen LogP contribution in [0.15, 0.2) is 4.99 Å². The Hall–Kier alpha value is -0.0800. The quantitative estimate of drug-likeness (QED) is 0.297. The van der Waals surface area contributed by atoms with Gasteiger partial charge in [0, 0.05) is 27.2 Å². The van der Waals surface area contributed by atoms with Crippen LogP contribution in [0.4, 0.5) is 0 Å². The lowest BCUT2D eigenvalue weighted by molar-refractivity contribution is 0.203. The van der Waals surface area contributed by atoms with Crippen molar-refractivity contribution < 1.29 is 4.74 Å². The van der Waals surface area contributed by atoms with Gasteiger partial charge in [-0.3, -0.25) is 4.99 Å². The molecule has 1 saturated heterocycles. The zero-order valence-electron chi connectivity index (χ0n) is 13.0. The minimum atomic E-state index is 0. The van der Waals surface area contributed by atoms with Crippen molar-refractivity contribution in [3.05, 3.63) is 0 Å². The van der Waals surface area contributed by atoms with Crippen molar-refractivity contribution in [2.24, 2.45) is 4.99 Å². The summed E-state index contributed by atoms with van der Waals surface area (Å²) in [5.41, 5.74) is 0. The Balaban J connectivity index is 0.00000361. The Morgan fingerprint density at radius 1 is 1.10 bits per heavy atom. The molecule has 0 atom stereocenters. The minimum Gasteiger partial charge on any atom is -0.383 e. The Morgan fingerprint density at radius 3 is 2.35 bits per heavy atom. The average molecular weight is 398 g/mol. The van der Waals surface area contributed by atoms with E-state index in [1.807, 2.05) is 0 Å². The van der Waals surface area contributed by atoms with Gasteiger partial charge in [0.15, 0.2) is 5.96 Å². The predicted octanol–water partition coefficient (Wildman–Crippen LogP) is 1.68. The molecule has 1 heterocycles. The Bertz CT molecular complexity index is 243. The van der Waals surface area contributed by atoms with Gasteiger partial charge < -0.3 is 20.3 Å². The van der Waals surface area contributed by atoms with Gasteiger partial charge in [0.25, 0.3) is 0 Å². The second-order valence-corrected chi connectivity index (χ2v) is 5.03. The largest absolute Gasteiger partial charge is 0.383 e. The summed E-state index contributed by atoms with van der Waals surface area (Å²) in [6, 6.07) is 0. The SMILES string of the molecule is CN=C(NCCCN1CCCCCC1)NCCOC.I. The van der Waals surface area contributed by atoms with Gasteiger partial charge >= 0.3 is 0 Å². The number of aliphatic imine (C=N–C) groups is 1. The van der Waals surface area contributed by atoms with Gasteiger partial charge in [-0.05, 0) is 38.9 Å². The third-order valence-electron chi connectivity index (χ3n) is 3.46. The molecule has 0 spiro atoms. The molecule has 6 heteroatoms. The highest BCUT2D eigenvalue weighted by molar-refractivity contribution is 14.0. The molecular weight excluding hydrogens is 367 g/mol. The number of likely N-dealkylation sites (tertiary alicyclic amines) is 1. The number of guanidine groups is 1. The highest BCUT2D eigenvalue weighted by Gasteiger charge is 2.07. The smallest absolute Gasteiger partial charge is 0.191 e. The van der Waals surface area contributed by atoms with E-state index in [-0.39, 0.29) is 24.0 Å². The van der Waals surface area contributed by atoms with E-state index < -0.39 is 0 Å². The maximum atomic E-state index is 5.00. The molecule has 1 aliphatic heterocycles. The number of hydrogen-bond donors (Lipinski definition) is 2. The van der Waals surface area contributed by atoms with Gasteiger partial charge in [-0.2, -0.15) is 0 Å². The summed E-state index contributed by atoms with van der Waals surface area (Å²) < 4.78 is 5.00. The molecular formula is C14H31IN4O. The summed E-state index contributed by atoms with van der Waals surface area (Å²) in [5, 5.41) is 6.56. The van der Waals surface area contributed by atoms with Gasteiger partial charge in [0.1, 0.15) is 0 Å². The van der Waals surface area contributed by atoms with E-state index in [4.69, 9.17) is 4.74 Å². The van der Waals surface area contributed by atoms with Crippen LogP contribution in [0.3, 0.4) is 0 Å². The molecule has 0 aromatic carbocycles. The predicted molar refractivity (Wildman–Crippen MR) is 96.2 cm³/mol. The van der Waals surface area contributed by atoms with Crippen LogP contribution in [0.2, 0.25) is 0 Å². The summed E-state index contributed by atoms with van der Waals surface area (Å²) >= 11 is 0. The van der Waals surface area contributed by atoms with Crippen molar-refractivity contribution in [1.29, 1.82) is 0 Å². The molecule has 0 aliphatic carbocycles. The second-order valence-electron chi connectivity index (χ2n) is 5.03. The van der Waals surface area contributed by atoms with Gasteiger partial charge in [-0.15, -0.1) is 24.0 Å². The summed E-state index contributed by atoms with van der Waals surface area (Å²) in [6.07, 6.45) is 6.72. The van der Waals surface area contributed by atoms with Crippen molar-refractivity contribution in [2.45, 2.75) is 32.1 Å². The highest BCUT2D eigenvalue weighted by atomic mass is 127. The van der Waals surface area contributed by atoms with Crippen LogP contribution in [0.1, 0.15) is 32.1 Å². The van der Waals surface area contributed by atoms with E-state index in [2.05, 4.69) is 20.5 Å². The van der Waals surface area contributed by atoms with Crippen molar-refractivity contribution in [3.8, 4) is 0 Å². The van der Waals surface area contributed by atoms with E-state index in [9.17, 15) is 0 Å². The van der Waals surface area contributed by atoms with E-state index in [0.717, 1.165) is 19.0 Å². The summed E-state index contributed by atoms with van der Waals surface area (Å²) in [7, 11) is 3.51. The lowest BCUT2D eigenvalue weighted by Gasteiger charge is -2.20. The maximum absolute atomic E-state index is 5.00. The van der Waals surface area contributed by atoms with Crippen LogP contribution in [0.5, 0.6) is 0 Å². The minimum absolute atomic E-state index is 0. The number of ether oxygens (including phenoxy) is 1. The van der Waals surface area contributed by atoms with Gasteiger partial charge in [-0.1, -0.05) is 12.8 Å². The van der Waals surface area contributed by atoms with E-state index in [0.29, 0.717) is 6.61 Å². The number of halogens is 1. The molecule has 0 aromatic rings. The van der Waals surface area contributed by atoms with Crippen molar-refractivity contribution in [3.63, 3.8) is 0 Å². The lowest BCUT2D eigenvalue weighted by atomic mass is 10.2. The molecule has 0 saturated carbocycles. The lowest BCUT2D eigenvalue weighted by Crippen LogP contribution is -2.40. The maximum Gasteiger partial charge on any atom is 0.191 e. The molecule has 20 heavy (non-hydrogen) atoms. The van der Waals surface area contributed by atoms with Gasteiger partial charge in [0.05, 0.1) is 6.61 Å². The fourth-order valence-corrected chi connectivity index (χ4v) is 2.36. The topological polar surface area (TPSA) is 48.9 Å². The van der Waals surface area contributed by atoms with E-state index in [1.54, 1.807) is 14.2 Å². The molecule has 0 amide bonds. The molecule has 1 aliphatic rings. The first kappa shape index (κ1) is 19.9. The van der Waals surface area contributed by atoms with Gasteiger partial charge in [0.2, 0.25) is 0 Å². The van der Waals surface area contributed by atoms with Crippen LogP contribution in [0.25, 0.3) is 0 Å². The first-order valence-corrected chi connectivity index (χ1v) is 7.52. The zero-order chi connectivity index (χ0) is 13.8. The standard InChI is InChI=1S/C14H30N4O.HI/c1-15-14(17-9-13-19-2)16-8-7-12-18-10-5-3-4-6-11-18;/h3-13H2,1-2H3,(H2,15,16,17);1H. The van der Waals surface area contributed by atoms with Crippen LogP contribution in [-0.4, -0.2) is 64.3 Å². The monoisotopic (exact) mass is 398 g/mol. The van der Waals surface area contributed by atoms with Crippen molar-refractivity contribution in [1.82, 2.24) is 15.5 Å². The number of nitrogens with zero attached hydrogens (tertiary/aromatic N) is 2. The normalized spacial score (nSPS) is 17.2. The number of rotatable bonds is 7. The first-order valence-electron chi connectivity index (χ1n) is 7.52. The van der Waals surface area contributed by atoms with Gasteiger partial charge in [-0.25, -0.2) is 0 Å². The molecule has 1 rings (SSSR count). The second kappa shape index (κ2) is 13.9. The molecule has 0 unspecified atom stereocenters. The number of nitrogens with one attached hydrogen (secondary N) is 2. The molecule has 120 valence electrons. The van der Waals surface area contributed by atoms with E-state index in [1.165, 1.54) is 51.7 Å². The van der Waals surface area contributed by atoms with Crippen LogP contribution in [0, 0.1) is 0 Å². The molecule has 2 N–H and O–H groups in total. The van der Waals surface area contributed by atoms with Crippen molar-refractivity contribution in [2.75, 3.05) is 53.5 Å². The molecule has 0 radical (unpaired) electrons. The Morgan fingerprint density at radius 2 is 1.75 bits per heavy atom. The number of hydrogen-bond acceptors (Lipinski definition) is 3. The molecule has 1 fully saturated rings. The zero-order valence-corrected chi connectivity index (χ0v) is 15.3. The average Bonchev–Trinajstić information content (AvgIpc) is 2.70. The Kier molecular flexibility index (Phi) is 13.8. The van der Waals surface area contributed by atoms with Crippen LogP contribution >= 0.6 is 24.0 Å². The van der Waals surface area contributed by atoms with Crippen LogP contribution in [-0.2, 0) is 4.74 Å². The molecule has 0 bridgehead atoms. The molecule has 5 nitrogen and oxygen atoms in total. The summed E-state index contributed by atoms with van der Waals surface area (Å²) in [4.78, 5) is 6.78. The van der Waals surface area contributed by atoms with E-state index >= 15 is 0 Å². The fraction of sp³-hybridized carbons (Fsp3) is 0.929. The third-order valence-corrected chi connectivity index (χ3v) is 3.46. The highest BCUT2D eigenvalue weighted by Crippen LogP contribution is 2.09. The molecule has 0 aromatic heterocycles. The van der Waals surface area contributed by atoms with Crippen molar-refractivity contribution >= 4 is 29.9 Å². The third kappa shape index (κ3) is 9.77. The first-order chi connectivity index (χ1) is 9.36.